The summed E-state index contributed by atoms with van der Waals surface area (Å²) in [4.78, 5) is 32.8. The zero-order chi connectivity index (χ0) is 26.2. The highest BCUT2D eigenvalue weighted by Crippen LogP contribution is 2.24. The van der Waals surface area contributed by atoms with Gasteiger partial charge >= 0.3 is 0 Å². The Morgan fingerprint density at radius 1 is 1.00 bits per heavy atom. The van der Waals surface area contributed by atoms with E-state index in [0.29, 0.717) is 34.3 Å². The Balaban J connectivity index is 0.000000241. The second-order valence-electron chi connectivity index (χ2n) is 8.13. The largest absolute Gasteiger partial charge is 0.380 e. The molecule has 0 atom stereocenters. The normalized spacial score (nSPS) is 10.5. The quantitative estimate of drug-likeness (QED) is 0.197. The smallest absolute Gasteiger partial charge is 0.253 e. The molecular weight excluding hydrogens is 506 g/mol. The van der Waals surface area contributed by atoms with Crippen molar-refractivity contribution < 1.29 is 4.79 Å². The minimum absolute atomic E-state index is 0.203. The maximum atomic E-state index is 12.6. The maximum absolute atomic E-state index is 12.6. The zero-order valence-corrected chi connectivity index (χ0v) is 22.0. The highest BCUT2D eigenvalue weighted by atomic mass is 35.5. The molecule has 0 aliphatic rings. The minimum Gasteiger partial charge on any atom is -0.380 e. The van der Waals surface area contributed by atoms with Gasteiger partial charge in [-0.25, -0.2) is 9.97 Å². The average molecular weight is 532 g/mol. The van der Waals surface area contributed by atoms with E-state index in [9.17, 15) is 9.59 Å². The lowest BCUT2D eigenvalue weighted by Gasteiger charge is -2.16. The molecule has 0 saturated carbocycles. The van der Waals surface area contributed by atoms with Gasteiger partial charge in [0, 0.05) is 25.4 Å². The van der Waals surface area contributed by atoms with E-state index in [4.69, 9.17) is 11.6 Å². The van der Waals surface area contributed by atoms with Gasteiger partial charge in [-0.1, -0.05) is 71.5 Å². The van der Waals surface area contributed by atoms with Gasteiger partial charge in [0.05, 0.1) is 33.7 Å². The highest BCUT2D eigenvalue weighted by molar-refractivity contribution is 7.22. The molecule has 0 saturated heterocycles. The number of carbonyl (C=O) groups excluding carboxylic acids is 1. The van der Waals surface area contributed by atoms with Crippen molar-refractivity contribution in [2.24, 2.45) is 0 Å². The first kappa shape index (κ1) is 26.1. The summed E-state index contributed by atoms with van der Waals surface area (Å²) in [7, 11) is 1.89. The first-order chi connectivity index (χ1) is 18.0. The number of thiazole rings is 1. The second-order valence-corrected chi connectivity index (χ2v) is 9.54. The fourth-order valence-electron chi connectivity index (χ4n) is 3.75. The van der Waals surface area contributed by atoms with Gasteiger partial charge in [0.15, 0.2) is 11.4 Å². The summed E-state index contributed by atoms with van der Waals surface area (Å²) in [5.74, 6) is 0. The van der Waals surface area contributed by atoms with E-state index in [2.05, 4.69) is 26.7 Å². The van der Waals surface area contributed by atoms with Crippen LogP contribution in [0.1, 0.15) is 27.3 Å². The van der Waals surface area contributed by atoms with E-state index >= 15 is 0 Å². The first-order valence-electron chi connectivity index (χ1n) is 11.6. The van der Waals surface area contributed by atoms with E-state index in [0.717, 1.165) is 22.5 Å². The third kappa shape index (κ3) is 6.61. The number of rotatable bonds is 7. The van der Waals surface area contributed by atoms with Crippen LogP contribution in [0.3, 0.4) is 0 Å². The lowest BCUT2D eigenvalue weighted by Crippen LogP contribution is -2.25. The summed E-state index contributed by atoms with van der Waals surface area (Å²) in [6.45, 7) is 2.54. The number of para-hydroxylation sites is 1. The Morgan fingerprint density at radius 3 is 2.46 bits per heavy atom. The van der Waals surface area contributed by atoms with Gasteiger partial charge in [-0.3, -0.25) is 9.59 Å². The molecule has 0 fully saturated rings. The van der Waals surface area contributed by atoms with Crippen LogP contribution in [0, 0.1) is 6.92 Å². The van der Waals surface area contributed by atoms with Gasteiger partial charge in [0.1, 0.15) is 5.15 Å². The van der Waals surface area contributed by atoms with E-state index in [1.807, 2.05) is 55.6 Å². The van der Waals surface area contributed by atoms with Crippen LogP contribution in [0.25, 0.3) is 10.2 Å². The third-order valence-electron chi connectivity index (χ3n) is 5.66. The first-order valence-corrected chi connectivity index (χ1v) is 12.8. The molecule has 0 amide bonds. The Labute approximate surface area is 223 Å². The molecule has 0 radical (unpaired) electrons. The molecule has 2 aromatic carbocycles. The SMILES string of the molecule is CNc1nc2ccccc2s1.Cc1c(C=O)c(NCc2ccccc2)cc(=O)n1Cc1cccc(Cl)n1. The number of nitrogens with zero attached hydrogens (tertiary/aromatic N) is 3. The number of pyridine rings is 2. The van der Waals surface area contributed by atoms with Crippen molar-refractivity contribution in [2.45, 2.75) is 20.0 Å². The highest BCUT2D eigenvalue weighted by Gasteiger charge is 2.13. The monoisotopic (exact) mass is 531 g/mol. The predicted molar refractivity (Wildman–Crippen MR) is 152 cm³/mol. The van der Waals surface area contributed by atoms with Crippen molar-refractivity contribution in [3.63, 3.8) is 0 Å². The summed E-state index contributed by atoms with van der Waals surface area (Å²) in [5.41, 5.74) is 4.17. The van der Waals surface area contributed by atoms with Gasteiger partial charge in [0.25, 0.3) is 5.56 Å². The van der Waals surface area contributed by atoms with Crippen molar-refractivity contribution in [3.05, 3.63) is 117 Å². The molecule has 3 aromatic heterocycles. The van der Waals surface area contributed by atoms with Gasteiger partial charge in [0.2, 0.25) is 0 Å². The van der Waals surface area contributed by atoms with Crippen LogP contribution in [0.15, 0.2) is 83.7 Å². The maximum Gasteiger partial charge on any atom is 0.253 e. The summed E-state index contributed by atoms with van der Waals surface area (Å²) in [6.07, 6.45) is 0.768. The molecule has 9 heteroatoms. The zero-order valence-electron chi connectivity index (χ0n) is 20.4. The Morgan fingerprint density at radius 2 is 1.76 bits per heavy atom. The van der Waals surface area contributed by atoms with Crippen molar-refractivity contribution in [2.75, 3.05) is 17.7 Å². The average Bonchev–Trinajstić information content (AvgIpc) is 3.34. The minimum atomic E-state index is -0.203. The van der Waals surface area contributed by atoms with Gasteiger partial charge < -0.3 is 15.2 Å². The Hall–Kier alpha value is -4.01. The lowest BCUT2D eigenvalue weighted by molar-refractivity contribution is 0.112. The number of nitrogens with one attached hydrogen (secondary N) is 2. The number of aromatic nitrogens is 3. The Kier molecular flexibility index (Phi) is 8.66. The van der Waals surface area contributed by atoms with Gasteiger partial charge in [-0.2, -0.15) is 0 Å². The number of hydrogen-bond acceptors (Lipinski definition) is 7. The van der Waals surface area contributed by atoms with Crippen molar-refractivity contribution in [1.82, 2.24) is 14.5 Å². The number of carbonyl (C=O) groups is 1. The molecule has 0 spiro atoms. The molecule has 0 unspecified atom stereocenters. The molecule has 3 heterocycles. The molecule has 5 rings (SSSR count). The van der Waals surface area contributed by atoms with E-state index in [-0.39, 0.29) is 12.1 Å². The standard InChI is InChI=1S/C20H18ClN3O2.C8H8N2S/c1-14-17(13-25)18(22-11-15-6-3-2-4-7-15)10-20(26)24(14)12-16-8-5-9-19(21)23-16;1-9-8-10-6-4-2-3-5-7(6)11-8/h2-10,13,22H,11-12H2,1H3;2-5H,1H3,(H,9,10). The predicted octanol–water partition coefficient (Wildman–Crippen LogP) is 6.02. The van der Waals surface area contributed by atoms with E-state index in [1.165, 1.54) is 15.3 Å². The van der Waals surface area contributed by atoms with E-state index in [1.54, 1.807) is 36.5 Å². The van der Waals surface area contributed by atoms with Gasteiger partial charge in [-0.15, -0.1) is 0 Å². The van der Waals surface area contributed by atoms with Crippen LogP contribution in [0.4, 0.5) is 10.8 Å². The molecule has 0 aliphatic heterocycles. The topological polar surface area (TPSA) is 88.9 Å². The summed E-state index contributed by atoms with van der Waals surface area (Å²) in [5, 5.41) is 7.55. The number of anilines is 2. The number of benzene rings is 2. The molecule has 0 bridgehead atoms. The lowest BCUT2D eigenvalue weighted by atomic mass is 10.1. The molecule has 188 valence electrons. The molecular formula is C28H26ClN5O2S. The van der Waals surface area contributed by atoms with Crippen molar-refractivity contribution >= 4 is 50.3 Å². The van der Waals surface area contributed by atoms with Crippen LogP contribution in [-0.4, -0.2) is 27.9 Å². The van der Waals surface area contributed by atoms with Crippen LogP contribution in [0.5, 0.6) is 0 Å². The number of halogens is 1. The van der Waals surface area contributed by atoms with Crippen LogP contribution in [0.2, 0.25) is 5.15 Å². The Bertz CT molecular complexity index is 1530. The van der Waals surface area contributed by atoms with Crippen LogP contribution < -0.4 is 16.2 Å². The molecule has 7 nitrogen and oxygen atoms in total. The third-order valence-corrected chi connectivity index (χ3v) is 6.93. The van der Waals surface area contributed by atoms with E-state index < -0.39 is 0 Å². The van der Waals surface area contributed by atoms with Crippen LogP contribution >= 0.6 is 22.9 Å². The van der Waals surface area contributed by atoms with Crippen molar-refractivity contribution in [1.29, 1.82) is 0 Å². The van der Waals surface area contributed by atoms with Crippen molar-refractivity contribution in [3.8, 4) is 0 Å². The van der Waals surface area contributed by atoms with Crippen LogP contribution in [-0.2, 0) is 13.1 Å². The number of fused-ring (bicyclic) bond motifs is 1. The number of hydrogen-bond donors (Lipinski definition) is 2. The number of aldehydes is 1. The fourth-order valence-corrected chi connectivity index (χ4v) is 4.75. The second kappa shape index (κ2) is 12.3. The summed E-state index contributed by atoms with van der Waals surface area (Å²) >= 11 is 7.58. The molecule has 2 N–H and O–H groups in total. The molecule has 37 heavy (non-hydrogen) atoms. The fraction of sp³-hybridized carbons (Fsp3) is 0.143. The molecule has 0 aliphatic carbocycles. The van der Waals surface area contributed by atoms with Gasteiger partial charge in [-0.05, 0) is 36.8 Å². The summed E-state index contributed by atoms with van der Waals surface area (Å²) < 4.78 is 2.76. The summed E-state index contributed by atoms with van der Waals surface area (Å²) in [6, 6.07) is 24.6. The molecule has 5 aromatic rings.